The minimum absolute atomic E-state index is 0.0212. The van der Waals surface area contributed by atoms with Crippen LogP contribution in [0.25, 0.3) is 5.52 Å². The van der Waals surface area contributed by atoms with E-state index in [4.69, 9.17) is 9.84 Å². The molecule has 7 heteroatoms. The third kappa shape index (κ3) is 2.94. The molecular formula is C18H27N5O2. The summed E-state index contributed by atoms with van der Waals surface area (Å²) in [5.74, 6) is 2.90. The third-order valence-electron chi connectivity index (χ3n) is 5.30. The van der Waals surface area contributed by atoms with Crippen LogP contribution in [0.15, 0.2) is 11.0 Å². The molecule has 4 rings (SSSR count). The van der Waals surface area contributed by atoms with Gasteiger partial charge in [-0.2, -0.15) is 0 Å². The third-order valence-corrected chi connectivity index (χ3v) is 5.30. The van der Waals surface area contributed by atoms with Crippen molar-refractivity contribution in [2.45, 2.75) is 46.1 Å². The largest absolute Gasteiger partial charge is 0.381 e. The predicted octanol–water partition coefficient (Wildman–Crippen LogP) is 1.90. The summed E-state index contributed by atoms with van der Waals surface area (Å²) >= 11 is 0. The van der Waals surface area contributed by atoms with Gasteiger partial charge in [0.05, 0.1) is 6.20 Å². The molecule has 0 spiro atoms. The number of hydrogen-bond donors (Lipinski definition) is 0. The molecular weight excluding hydrogens is 318 g/mol. The van der Waals surface area contributed by atoms with E-state index in [-0.39, 0.29) is 11.5 Å². The molecule has 136 valence electrons. The van der Waals surface area contributed by atoms with Crippen LogP contribution in [0.1, 0.15) is 45.4 Å². The van der Waals surface area contributed by atoms with E-state index in [0.29, 0.717) is 17.4 Å². The second-order valence-electron chi connectivity index (χ2n) is 7.85. The van der Waals surface area contributed by atoms with Gasteiger partial charge < -0.3 is 9.64 Å². The Morgan fingerprint density at radius 1 is 1.28 bits per heavy atom. The minimum Gasteiger partial charge on any atom is -0.381 e. The van der Waals surface area contributed by atoms with Crippen molar-refractivity contribution in [3.63, 3.8) is 0 Å². The van der Waals surface area contributed by atoms with Gasteiger partial charge in [-0.1, -0.05) is 20.8 Å². The Kier molecular flexibility index (Phi) is 4.27. The van der Waals surface area contributed by atoms with E-state index in [0.717, 1.165) is 57.5 Å². The Morgan fingerprint density at radius 2 is 2.04 bits per heavy atom. The highest BCUT2D eigenvalue weighted by Crippen LogP contribution is 2.25. The Labute approximate surface area is 147 Å². The summed E-state index contributed by atoms with van der Waals surface area (Å²) in [6.07, 6.45) is 3.83. The molecule has 0 amide bonds. The fourth-order valence-corrected chi connectivity index (χ4v) is 4.00. The van der Waals surface area contributed by atoms with Crippen molar-refractivity contribution in [3.8, 4) is 0 Å². The topological polar surface area (TPSA) is 64.7 Å². The number of fused-ring (bicyclic) bond motifs is 2. The first-order valence-electron chi connectivity index (χ1n) is 9.35. The van der Waals surface area contributed by atoms with Crippen molar-refractivity contribution in [2.75, 3.05) is 31.2 Å². The zero-order valence-electron chi connectivity index (χ0n) is 15.3. The van der Waals surface area contributed by atoms with E-state index in [2.05, 4.69) is 30.7 Å². The van der Waals surface area contributed by atoms with Crippen molar-refractivity contribution >= 4 is 11.5 Å². The Balaban J connectivity index is 1.77. The highest BCUT2D eigenvalue weighted by atomic mass is 16.5. The number of hydrogen-bond acceptors (Lipinski definition) is 5. The number of ether oxygens (including phenoxy) is 1. The van der Waals surface area contributed by atoms with Gasteiger partial charge in [0.15, 0.2) is 5.52 Å². The van der Waals surface area contributed by atoms with Crippen LogP contribution >= 0.6 is 0 Å². The molecule has 2 aliphatic rings. The standard InChI is InChI=1S/C18H27N5O2/c1-12(2)16-19-8-15-17(24)22-10-13(3)9-21(18(22)20-23(15)16)11-14-4-6-25-7-5-14/h8,12-14H,4-7,9-11H2,1-3H3/t13-/m1/s1. The normalized spacial score (nSPS) is 21.9. The van der Waals surface area contributed by atoms with Crippen LogP contribution in [0, 0.1) is 11.8 Å². The van der Waals surface area contributed by atoms with Crippen LogP contribution < -0.4 is 10.5 Å². The lowest BCUT2D eigenvalue weighted by Crippen LogP contribution is -2.46. The van der Waals surface area contributed by atoms with E-state index in [1.165, 1.54) is 0 Å². The van der Waals surface area contributed by atoms with E-state index in [1.807, 2.05) is 4.57 Å². The fourth-order valence-electron chi connectivity index (χ4n) is 4.00. The molecule has 1 fully saturated rings. The van der Waals surface area contributed by atoms with E-state index in [9.17, 15) is 4.79 Å². The molecule has 0 aliphatic carbocycles. The average Bonchev–Trinajstić information content (AvgIpc) is 3.01. The van der Waals surface area contributed by atoms with Crippen LogP contribution in [0.2, 0.25) is 0 Å². The van der Waals surface area contributed by atoms with Crippen LogP contribution in [0.3, 0.4) is 0 Å². The zero-order chi connectivity index (χ0) is 17.6. The molecule has 0 bridgehead atoms. The van der Waals surface area contributed by atoms with Crippen LogP contribution in [0.4, 0.5) is 5.95 Å². The lowest BCUT2D eigenvalue weighted by molar-refractivity contribution is 0.0676. The molecule has 0 unspecified atom stereocenters. The number of anilines is 1. The lowest BCUT2D eigenvalue weighted by atomic mass is 9.98. The molecule has 0 aromatic carbocycles. The Bertz CT molecular complexity index is 819. The van der Waals surface area contributed by atoms with Gasteiger partial charge in [-0.25, -0.2) is 9.50 Å². The van der Waals surface area contributed by atoms with Crippen LogP contribution in [0.5, 0.6) is 0 Å². The first-order chi connectivity index (χ1) is 12.0. The molecule has 4 heterocycles. The van der Waals surface area contributed by atoms with Gasteiger partial charge in [0.25, 0.3) is 5.56 Å². The zero-order valence-corrected chi connectivity index (χ0v) is 15.3. The molecule has 2 aromatic heterocycles. The van der Waals surface area contributed by atoms with Crippen molar-refractivity contribution in [2.24, 2.45) is 11.8 Å². The maximum absolute atomic E-state index is 13.0. The van der Waals surface area contributed by atoms with Gasteiger partial charge in [0.2, 0.25) is 5.95 Å². The van der Waals surface area contributed by atoms with Crippen molar-refractivity contribution < 1.29 is 4.74 Å². The smallest absolute Gasteiger partial charge is 0.280 e. The molecule has 1 atom stereocenters. The molecule has 0 saturated carbocycles. The maximum atomic E-state index is 13.0. The monoisotopic (exact) mass is 345 g/mol. The van der Waals surface area contributed by atoms with Gasteiger partial charge in [-0.15, -0.1) is 5.10 Å². The SMILES string of the molecule is CC(C)c1ncc2c(=O)n3c(nn12)N(CC1CCOCC1)C[C@@H](C)C3. The number of aromatic nitrogens is 4. The van der Waals surface area contributed by atoms with Crippen molar-refractivity contribution in [3.05, 3.63) is 22.4 Å². The van der Waals surface area contributed by atoms with Crippen molar-refractivity contribution in [1.29, 1.82) is 0 Å². The highest BCUT2D eigenvalue weighted by molar-refractivity contribution is 5.47. The van der Waals surface area contributed by atoms with E-state index >= 15 is 0 Å². The summed E-state index contributed by atoms with van der Waals surface area (Å²) in [7, 11) is 0. The highest BCUT2D eigenvalue weighted by Gasteiger charge is 2.29. The lowest BCUT2D eigenvalue weighted by Gasteiger charge is -2.37. The molecule has 1 saturated heterocycles. The first-order valence-corrected chi connectivity index (χ1v) is 9.35. The van der Waals surface area contributed by atoms with Crippen LogP contribution in [-0.2, 0) is 11.3 Å². The molecule has 2 aliphatic heterocycles. The minimum atomic E-state index is 0.0212. The van der Waals surface area contributed by atoms with Gasteiger partial charge in [-0.3, -0.25) is 9.36 Å². The maximum Gasteiger partial charge on any atom is 0.280 e. The summed E-state index contributed by atoms with van der Waals surface area (Å²) in [6.45, 7) is 10.7. The molecule has 0 radical (unpaired) electrons. The molecule has 25 heavy (non-hydrogen) atoms. The molecule has 7 nitrogen and oxygen atoms in total. The van der Waals surface area contributed by atoms with Gasteiger partial charge >= 0.3 is 0 Å². The van der Waals surface area contributed by atoms with E-state index in [1.54, 1.807) is 10.7 Å². The summed E-state index contributed by atoms with van der Waals surface area (Å²) in [6, 6.07) is 0. The predicted molar refractivity (Wildman–Crippen MR) is 96.3 cm³/mol. The Hall–Kier alpha value is -1.89. The second kappa shape index (κ2) is 6.44. The average molecular weight is 345 g/mol. The summed E-state index contributed by atoms with van der Waals surface area (Å²) < 4.78 is 9.08. The summed E-state index contributed by atoms with van der Waals surface area (Å²) in [4.78, 5) is 19.7. The second-order valence-corrected chi connectivity index (χ2v) is 7.85. The van der Waals surface area contributed by atoms with Gasteiger partial charge in [0, 0.05) is 38.8 Å². The summed E-state index contributed by atoms with van der Waals surface area (Å²) in [5, 5.41) is 4.85. The van der Waals surface area contributed by atoms with E-state index < -0.39 is 0 Å². The fraction of sp³-hybridized carbons (Fsp3) is 0.722. The Morgan fingerprint density at radius 3 is 2.76 bits per heavy atom. The van der Waals surface area contributed by atoms with Crippen molar-refractivity contribution in [1.82, 2.24) is 19.2 Å². The molecule has 2 aromatic rings. The van der Waals surface area contributed by atoms with Gasteiger partial charge in [0.1, 0.15) is 5.82 Å². The number of imidazole rings is 1. The number of rotatable bonds is 3. The number of nitrogens with zero attached hydrogens (tertiary/aromatic N) is 5. The van der Waals surface area contributed by atoms with Gasteiger partial charge in [-0.05, 0) is 24.7 Å². The first kappa shape index (κ1) is 16.6. The molecule has 0 N–H and O–H groups in total. The quantitative estimate of drug-likeness (QED) is 0.850. The van der Waals surface area contributed by atoms with Crippen LogP contribution in [-0.4, -0.2) is 45.5 Å². The summed E-state index contributed by atoms with van der Waals surface area (Å²) in [5.41, 5.74) is 0.598.